The molecule has 8 heteroatoms. The number of nitrogens with zero attached hydrogens (tertiary/aromatic N) is 6. The van der Waals surface area contributed by atoms with Gasteiger partial charge in [-0.05, 0) is 46.8 Å². The van der Waals surface area contributed by atoms with Crippen LogP contribution < -0.4 is 9.80 Å². The number of rotatable bonds is 4. The highest BCUT2D eigenvalue weighted by molar-refractivity contribution is 5.47. The minimum atomic E-state index is -1.08. The van der Waals surface area contributed by atoms with Gasteiger partial charge in [0.1, 0.15) is 23.3 Å². The molecule has 8 nitrogen and oxygen atoms in total. The van der Waals surface area contributed by atoms with Crippen molar-refractivity contribution in [3.63, 3.8) is 0 Å². The van der Waals surface area contributed by atoms with Gasteiger partial charge in [-0.25, -0.2) is 19.9 Å². The van der Waals surface area contributed by atoms with Gasteiger partial charge in [-0.3, -0.25) is 0 Å². The van der Waals surface area contributed by atoms with Crippen LogP contribution in [0.2, 0.25) is 0 Å². The fourth-order valence-electron chi connectivity index (χ4n) is 3.49. The molecule has 1 aliphatic heterocycles. The van der Waals surface area contributed by atoms with Crippen LogP contribution in [-0.2, 0) is 5.60 Å². The fraction of sp³-hybridized carbons (Fsp3) is 0.579. The molecule has 0 saturated carbocycles. The summed E-state index contributed by atoms with van der Waals surface area (Å²) in [5, 5.41) is 20.0. The fourth-order valence-corrected chi connectivity index (χ4v) is 3.49. The van der Waals surface area contributed by atoms with E-state index >= 15 is 0 Å². The summed E-state index contributed by atoms with van der Waals surface area (Å²) < 4.78 is 0. The van der Waals surface area contributed by atoms with Crippen molar-refractivity contribution in [2.24, 2.45) is 0 Å². The van der Waals surface area contributed by atoms with Gasteiger partial charge in [0.25, 0.3) is 0 Å². The molecule has 3 atom stereocenters. The minimum absolute atomic E-state index is 0.186. The molecule has 3 rings (SSSR count). The number of hydrogen-bond acceptors (Lipinski definition) is 8. The van der Waals surface area contributed by atoms with Crippen LogP contribution in [0.25, 0.3) is 0 Å². The van der Waals surface area contributed by atoms with Crippen molar-refractivity contribution in [2.45, 2.75) is 58.4 Å². The predicted octanol–water partition coefficient (Wildman–Crippen LogP) is 1.65. The molecule has 1 fully saturated rings. The van der Waals surface area contributed by atoms with Crippen LogP contribution in [-0.4, -0.2) is 55.3 Å². The van der Waals surface area contributed by atoms with Crippen LogP contribution >= 0.6 is 0 Å². The third kappa shape index (κ3) is 4.17. The molecule has 2 aromatic rings. The van der Waals surface area contributed by atoms with Gasteiger partial charge < -0.3 is 20.0 Å². The lowest BCUT2D eigenvalue weighted by molar-refractivity contribution is 0.0687. The first-order valence-electron chi connectivity index (χ1n) is 9.27. The van der Waals surface area contributed by atoms with E-state index in [9.17, 15) is 10.2 Å². The van der Waals surface area contributed by atoms with Crippen LogP contribution in [0.1, 0.15) is 52.4 Å². The molecule has 0 radical (unpaired) electrons. The number of aromatic nitrogens is 4. The molecule has 0 spiro atoms. The molecule has 27 heavy (non-hydrogen) atoms. The summed E-state index contributed by atoms with van der Waals surface area (Å²) in [4.78, 5) is 21.9. The molecule has 2 aromatic heterocycles. The molecule has 3 heterocycles. The summed E-state index contributed by atoms with van der Waals surface area (Å²) in [6.07, 6.45) is 2.69. The van der Waals surface area contributed by atoms with Crippen molar-refractivity contribution < 1.29 is 10.2 Å². The zero-order valence-corrected chi connectivity index (χ0v) is 16.5. The average Bonchev–Trinajstić information content (AvgIpc) is 2.61. The largest absolute Gasteiger partial charge is 0.385 e. The number of aliphatic hydroxyl groups is 2. The third-order valence-corrected chi connectivity index (χ3v) is 4.73. The summed E-state index contributed by atoms with van der Waals surface area (Å²) in [5.74, 6) is 2.48. The van der Waals surface area contributed by atoms with Crippen molar-refractivity contribution in [2.75, 3.05) is 22.9 Å². The SMILES string of the molecule is C[C@@H]1CN(c2ccnc(C(C)(C)O)n2)C[C@H](C)N1c1ccnc([C@@H](C)O)n1. The topological polar surface area (TPSA) is 98.5 Å². The summed E-state index contributed by atoms with van der Waals surface area (Å²) in [7, 11) is 0. The maximum Gasteiger partial charge on any atom is 0.161 e. The number of piperazine rings is 1. The van der Waals surface area contributed by atoms with Crippen LogP contribution in [0, 0.1) is 0 Å². The quantitative estimate of drug-likeness (QED) is 0.836. The Labute approximate surface area is 159 Å². The highest BCUT2D eigenvalue weighted by Crippen LogP contribution is 2.27. The van der Waals surface area contributed by atoms with E-state index in [2.05, 4.69) is 43.6 Å². The predicted molar refractivity (Wildman–Crippen MR) is 104 cm³/mol. The first-order chi connectivity index (χ1) is 12.7. The van der Waals surface area contributed by atoms with Gasteiger partial charge in [0.2, 0.25) is 0 Å². The molecule has 1 saturated heterocycles. The van der Waals surface area contributed by atoms with Crippen LogP contribution in [0.3, 0.4) is 0 Å². The summed E-state index contributed by atoms with van der Waals surface area (Å²) in [6.45, 7) is 10.9. The van der Waals surface area contributed by atoms with E-state index < -0.39 is 11.7 Å². The van der Waals surface area contributed by atoms with E-state index in [1.807, 2.05) is 12.1 Å². The lowest BCUT2D eigenvalue weighted by Crippen LogP contribution is -2.57. The van der Waals surface area contributed by atoms with Crippen molar-refractivity contribution in [3.05, 3.63) is 36.2 Å². The first-order valence-corrected chi connectivity index (χ1v) is 9.27. The molecule has 0 aromatic carbocycles. The summed E-state index contributed by atoms with van der Waals surface area (Å²) >= 11 is 0. The normalized spacial score (nSPS) is 22.0. The smallest absolute Gasteiger partial charge is 0.161 e. The standard InChI is InChI=1S/C19H28N6O2/c1-12-10-24(15-6-9-21-18(23-15)19(4,5)27)11-13(2)25(12)16-7-8-20-17(22-16)14(3)26/h6-9,12-14,26-27H,10-11H2,1-5H3/t12-,13+,14-/m1/s1. The van der Waals surface area contributed by atoms with E-state index in [0.29, 0.717) is 11.6 Å². The zero-order chi connectivity index (χ0) is 19.8. The second kappa shape index (κ2) is 7.36. The summed E-state index contributed by atoms with van der Waals surface area (Å²) in [5.41, 5.74) is -1.08. The highest BCUT2D eigenvalue weighted by atomic mass is 16.3. The van der Waals surface area contributed by atoms with Gasteiger partial charge in [0.15, 0.2) is 11.6 Å². The van der Waals surface area contributed by atoms with E-state index in [1.165, 1.54) is 0 Å². The molecular weight excluding hydrogens is 344 g/mol. The second-order valence-corrected chi connectivity index (χ2v) is 7.76. The molecule has 146 valence electrons. The number of anilines is 2. The Hall–Kier alpha value is -2.32. The van der Waals surface area contributed by atoms with Gasteiger partial charge >= 0.3 is 0 Å². The second-order valence-electron chi connectivity index (χ2n) is 7.76. The van der Waals surface area contributed by atoms with E-state index in [0.717, 1.165) is 24.7 Å². The molecular formula is C19H28N6O2. The Bertz CT molecular complexity index is 780. The van der Waals surface area contributed by atoms with Crippen LogP contribution in [0.5, 0.6) is 0 Å². The van der Waals surface area contributed by atoms with E-state index in [4.69, 9.17) is 0 Å². The molecule has 0 unspecified atom stereocenters. The maximum atomic E-state index is 10.2. The Morgan fingerprint density at radius 3 is 2.22 bits per heavy atom. The number of aliphatic hydroxyl groups excluding tert-OH is 1. The number of hydrogen-bond donors (Lipinski definition) is 2. The first kappa shape index (κ1) is 19.4. The zero-order valence-electron chi connectivity index (χ0n) is 16.5. The van der Waals surface area contributed by atoms with Crippen molar-refractivity contribution in [3.8, 4) is 0 Å². The molecule has 0 bridgehead atoms. The third-order valence-electron chi connectivity index (χ3n) is 4.73. The molecule has 2 N–H and O–H groups in total. The summed E-state index contributed by atoms with van der Waals surface area (Å²) in [6, 6.07) is 4.13. The van der Waals surface area contributed by atoms with Gasteiger partial charge in [0, 0.05) is 37.6 Å². The Morgan fingerprint density at radius 1 is 1.04 bits per heavy atom. The Morgan fingerprint density at radius 2 is 1.63 bits per heavy atom. The molecule has 0 amide bonds. The lowest BCUT2D eigenvalue weighted by atomic mass is 10.1. The Kier molecular flexibility index (Phi) is 5.30. The van der Waals surface area contributed by atoms with Gasteiger partial charge in [0.05, 0.1) is 0 Å². The van der Waals surface area contributed by atoms with Crippen molar-refractivity contribution in [1.82, 2.24) is 19.9 Å². The van der Waals surface area contributed by atoms with E-state index in [1.54, 1.807) is 33.2 Å². The van der Waals surface area contributed by atoms with Gasteiger partial charge in [-0.2, -0.15) is 0 Å². The highest BCUT2D eigenvalue weighted by Gasteiger charge is 2.32. The lowest BCUT2D eigenvalue weighted by Gasteiger charge is -2.45. The van der Waals surface area contributed by atoms with Crippen molar-refractivity contribution in [1.29, 1.82) is 0 Å². The minimum Gasteiger partial charge on any atom is -0.385 e. The van der Waals surface area contributed by atoms with Crippen molar-refractivity contribution >= 4 is 11.6 Å². The Balaban J connectivity index is 1.83. The van der Waals surface area contributed by atoms with Crippen LogP contribution in [0.4, 0.5) is 11.6 Å². The molecule has 0 aliphatic carbocycles. The average molecular weight is 372 g/mol. The van der Waals surface area contributed by atoms with E-state index in [-0.39, 0.29) is 12.1 Å². The molecule has 1 aliphatic rings. The monoisotopic (exact) mass is 372 g/mol. The van der Waals surface area contributed by atoms with Crippen LogP contribution in [0.15, 0.2) is 24.5 Å². The maximum absolute atomic E-state index is 10.2. The van der Waals surface area contributed by atoms with Gasteiger partial charge in [-0.1, -0.05) is 0 Å². The van der Waals surface area contributed by atoms with Gasteiger partial charge in [-0.15, -0.1) is 0 Å².